The van der Waals surface area contributed by atoms with Gasteiger partial charge in [-0.15, -0.1) is 0 Å². The van der Waals surface area contributed by atoms with Crippen molar-refractivity contribution in [3.05, 3.63) is 24.3 Å². The standard InChI is InChI=1S/C10H11NO3/c12-8-3-1-2-7(6-8)11-10(4-5-10)9(13)14/h1-3,6,11-12H,4-5H2,(H,13,14). The second kappa shape index (κ2) is 2.90. The summed E-state index contributed by atoms with van der Waals surface area (Å²) in [6.45, 7) is 0. The molecule has 2 rings (SSSR count). The number of anilines is 1. The Morgan fingerprint density at radius 2 is 2.14 bits per heavy atom. The van der Waals surface area contributed by atoms with Gasteiger partial charge < -0.3 is 15.5 Å². The monoisotopic (exact) mass is 193 g/mol. The van der Waals surface area contributed by atoms with Crippen molar-refractivity contribution in [1.82, 2.24) is 0 Å². The van der Waals surface area contributed by atoms with Crippen molar-refractivity contribution in [2.45, 2.75) is 18.4 Å². The van der Waals surface area contributed by atoms with Crippen molar-refractivity contribution >= 4 is 11.7 Å². The lowest BCUT2D eigenvalue weighted by atomic mass is 10.2. The number of carboxylic acid groups (broad SMARTS) is 1. The lowest BCUT2D eigenvalue weighted by Crippen LogP contribution is -2.31. The number of hydrogen-bond acceptors (Lipinski definition) is 3. The summed E-state index contributed by atoms with van der Waals surface area (Å²) >= 11 is 0. The van der Waals surface area contributed by atoms with E-state index in [1.807, 2.05) is 0 Å². The number of rotatable bonds is 3. The second-order valence-electron chi connectivity index (χ2n) is 3.56. The number of nitrogens with one attached hydrogen (secondary N) is 1. The van der Waals surface area contributed by atoms with Crippen LogP contribution in [0.15, 0.2) is 24.3 Å². The molecular weight excluding hydrogens is 182 g/mol. The van der Waals surface area contributed by atoms with Crippen LogP contribution in [0.25, 0.3) is 0 Å². The van der Waals surface area contributed by atoms with E-state index in [4.69, 9.17) is 5.11 Å². The zero-order chi connectivity index (χ0) is 10.2. The van der Waals surface area contributed by atoms with Crippen LogP contribution in [0.1, 0.15) is 12.8 Å². The average molecular weight is 193 g/mol. The van der Waals surface area contributed by atoms with Gasteiger partial charge in [0.1, 0.15) is 11.3 Å². The van der Waals surface area contributed by atoms with E-state index in [0.717, 1.165) is 0 Å². The normalized spacial score (nSPS) is 17.4. The molecule has 1 aromatic carbocycles. The van der Waals surface area contributed by atoms with Gasteiger partial charge in [-0.05, 0) is 25.0 Å². The second-order valence-corrected chi connectivity index (χ2v) is 3.56. The van der Waals surface area contributed by atoms with E-state index in [1.54, 1.807) is 18.2 Å². The van der Waals surface area contributed by atoms with Crippen molar-refractivity contribution in [3.8, 4) is 5.75 Å². The van der Waals surface area contributed by atoms with Gasteiger partial charge in [-0.1, -0.05) is 6.07 Å². The predicted molar refractivity (Wildman–Crippen MR) is 51.3 cm³/mol. The fourth-order valence-electron chi connectivity index (χ4n) is 1.38. The SMILES string of the molecule is O=C(O)C1(Nc2cccc(O)c2)CC1. The first-order chi connectivity index (χ1) is 6.62. The van der Waals surface area contributed by atoms with Crippen molar-refractivity contribution in [2.75, 3.05) is 5.32 Å². The maximum atomic E-state index is 10.8. The summed E-state index contributed by atoms with van der Waals surface area (Å²) < 4.78 is 0. The number of benzene rings is 1. The number of carboxylic acids is 1. The molecule has 1 aromatic rings. The Hall–Kier alpha value is -1.71. The lowest BCUT2D eigenvalue weighted by Gasteiger charge is -2.13. The van der Waals surface area contributed by atoms with E-state index in [1.165, 1.54) is 6.07 Å². The predicted octanol–water partition coefficient (Wildman–Crippen LogP) is 1.42. The maximum absolute atomic E-state index is 10.8. The van der Waals surface area contributed by atoms with E-state index >= 15 is 0 Å². The maximum Gasteiger partial charge on any atom is 0.329 e. The smallest absolute Gasteiger partial charge is 0.329 e. The molecule has 0 aliphatic heterocycles. The minimum atomic E-state index is -0.833. The van der Waals surface area contributed by atoms with Crippen LogP contribution in [0.5, 0.6) is 5.75 Å². The Kier molecular flexibility index (Phi) is 1.84. The summed E-state index contributed by atoms with van der Waals surface area (Å²) in [5.41, 5.74) is -0.154. The Morgan fingerprint density at radius 1 is 1.43 bits per heavy atom. The molecule has 4 heteroatoms. The van der Waals surface area contributed by atoms with Crippen LogP contribution >= 0.6 is 0 Å². The Labute approximate surface area is 81.2 Å². The highest BCUT2D eigenvalue weighted by Gasteiger charge is 2.50. The van der Waals surface area contributed by atoms with E-state index in [9.17, 15) is 9.90 Å². The van der Waals surface area contributed by atoms with Gasteiger partial charge in [-0.3, -0.25) is 0 Å². The number of aromatic hydroxyl groups is 1. The molecule has 0 unspecified atom stereocenters. The van der Waals surface area contributed by atoms with Crippen LogP contribution in [-0.2, 0) is 4.79 Å². The van der Waals surface area contributed by atoms with Crippen LogP contribution in [-0.4, -0.2) is 21.7 Å². The van der Waals surface area contributed by atoms with Gasteiger partial charge in [-0.25, -0.2) is 4.79 Å². The molecule has 0 aromatic heterocycles. The van der Waals surface area contributed by atoms with E-state index in [-0.39, 0.29) is 5.75 Å². The fraction of sp³-hybridized carbons (Fsp3) is 0.300. The minimum Gasteiger partial charge on any atom is -0.508 e. The third kappa shape index (κ3) is 1.51. The molecular formula is C10H11NO3. The largest absolute Gasteiger partial charge is 0.508 e. The molecule has 1 saturated carbocycles. The Morgan fingerprint density at radius 3 is 2.64 bits per heavy atom. The molecule has 74 valence electrons. The summed E-state index contributed by atoms with van der Waals surface area (Å²) in [4.78, 5) is 10.8. The van der Waals surface area contributed by atoms with Gasteiger partial charge in [0.15, 0.2) is 0 Å². The minimum absolute atomic E-state index is 0.135. The van der Waals surface area contributed by atoms with Gasteiger partial charge in [0, 0.05) is 11.8 Å². The lowest BCUT2D eigenvalue weighted by molar-refractivity contribution is -0.138. The quantitative estimate of drug-likeness (QED) is 0.679. The first-order valence-electron chi connectivity index (χ1n) is 4.43. The fourth-order valence-corrected chi connectivity index (χ4v) is 1.38. The molecule has 1 fully saturated rings. The van der Waals surface area contributed by atoms with Crippen LogP contribution in [0.3, 0.4) is 0 Å². The van der Waals surface area contributed by atoms with E-state index in [0.29, 0.717) is 18.5 Å². The number of hydrogen-bond donors (Lipinski definition) is 3. The number of aliphatic carboxylic acids is 1. The molecule has 1 aliphatic carbocycles. The molecule has 0 radical (unpaired) electrons. The van der Waals surface area contributed by atoms with Crippen LogP contribution < -0.4 is 5.32 Å². The topological polar surface area (TPSA) is 69.6 Å². The van der Waals surface area contributed by atoms with Crippen LogP contribution in [0.2, 0.25) is 0 Å². The van der Waals surface area contributed by atoms with Crippen molar-refractivity contribution in [3.63, 3.8) is 0 Å². The third-order valence-corrected chi connectivity index (χ3v) is 2.39. The molecule has 14 heavy (non-hydrogen) atoms. The summed E-state index contributed by atoms with van der Waals surface area (Å²) in [6, 6.07) is 6.48. The van der Waals surface area contributed by atoms with Gasteiger partial charge >= 0.3 is 5.97 Å². The molecule has 0 bridgehead atoms. The summed E-state index contributed by atoms with van der Waals surface area (Å²) in [5, 5.41) is 21.0. The highest BCUT2D eigenvalue weighted by molar-refractivity contribution is 5.86. The van der Waals surface area contributed by atoms with Crippen LogP contribution in [0.4, 0.5) is 5.69 Å². The van der Waals surface area contributed by atoms with E-state index < -0.39 is 11.5 Å². The molecule has 3 N–H and O–H groups in total. The molecule has 1 aliphatic rings. The van der Waals surface area contributed by atoms with E-state index in [2.05, 4.69) is 5.32 Å². The molecule has 0 heterocycles. The number of phenolic OH excluding ortho intramolecular Hbond substituents is 1. The van der Waals surface area contributed by atoms with Crippen molar-refractivity contribution < 1.29 is 15.0 Å². The summed E-state index contributed by atoms with van der Waals surface area (Å²) in [7, 11) is 0. The van der Waals surface area contributed by atoms with Crippen molar-refractivity contribution in [1.29, 1.82) is 0 Å². The Bertz CT molecular complexity index is 371. The number of carbonyl (C=O) groups is 1. The zero-order valence-corrected chi connectivity index (χ0v) is 7.53. The molecule has 0 amide bonds. The van der Waals surface area contributed by atoms with Gasteiger partial charge in [0.25, 0.3) is 0 Å². The van der Waals surface area contributed by atoms with Gasteiger partial charge in [0.2, 0.25) is 0 Å². The highest BCUT2D eigenvalue weighted by atomic mass is 16.4. The first-order valence-corrected chi connectivity index (χ1v) is 4.43. The molecule has 0 spiro atoms. The van der Waals surface area contributed by atoms with Crippen molar-refractivity contribution in [2.24, 2.45) is 0 Å². The average Bonchev–Trinajstić information content (AvgIpc) is 2.85. The van der Waals surface area contributed by atoms with Gasteiger partial charge in [0.05, 0.1) is 0 Å². The molecule has 0 saturated heterocycles. The molecule has 4 nitrogen and oxygen atoms in total. The Balaban J connectivity index is 2.15. The highest BCUT2D eigenvalue weighted by Crippen LogP contribution is 2.39. The first kappa shape index (κ1) is 8.87. The van der Waals surface area contributed by atoms with Gasteiger partial charge in [-0.2, -0.15) is 0 Å². The molecule has 0 atom stereocenters. The summed E-state index contributed by atoms with van der Waals surface area (Å²) in [5.74, 6) is -0.697. The number of phenols is 1. The zero-order valence-electron chi connectivity index (χ0n) is 7.53. The summed E-state index contributed by atoms with van der Waals surface area (Å²) in [6.07, 6.45) is 1.27. The third-order valence-electron chi connectivity index (χ3n) is 2.39. The van der Waals surface area contributed by atoms with Crippen LogP contribution in [0, 0.1) is 0 Å².